The van der Waals surface area contributed by atoms with E-state index in [1.807, 2.05) is 0 Å². The normalized spacial score (nSPS) is 11.4. The van der Waals surface area contributed by atoms with Gasteiger partial charge in [0.1, 0.15) is 0 Å². The third-order valence-electron chi connectivity index (χ3n) is 2.14. The predicted octanol–water partition coefficient (Wildman–Crippen LogP) is 0.759. The summed E-state index contributed by atoms with van der Waals surface area (Å²) in [5, 5.41) is 1.33. The summed E-state index contributed by atoms with van der Waals surface area (Å²) in [7, 11) is 2.76. The van der Waals surface area contributed by atoms with Crippen molar-refractivity contribution in [2.75, 3.05) is 19.3 Å². The van der Waals surface area contributed by atoms with Crippen LogP contribution in [0.25, 0.3) is 0 Å². The molecular weight excluding hydrogens is 220 g/mol. The second kappa shape index (κ2) is 5.89. The molecule has 1 aromatic carbocycles. The van der Waals surface area contributed by atoms with Gasteiger partial charge in [0.2, 0.25) is 0 Å². The Balaban J connectivity index is 3.05. The van der Waals surface area contributed by atoms with Gasteiger partial charge in [0.05, 0.1) is 25.5 Å². The number of hydrogen-bond donors (Lipinski definition) is 1. The van der Waals surface area contributed by atoms with Crippen molar-refractivity contribution in [3.63, 3.8) is 0 Å². The number of hydrogen-bond acceptors (Lipinski definition) is 5. The number of nitrogens with two attached hydrogens (primary N) is 1. The molecule has 0 aliphatic rings. The summed E-state index contributed by atoms with van der Waals surface area (Å²) in [6.45, 7) is 0. The summed E-state index contributed by atoms with van der Waals surface area (Å²) in [5.41, 5.74) is 6.65. The summed E-state index contributed by atoms with van der Waals surface area (Å²) >= 11 is 0. The van der Waals surface area contributed by atoms with E-state index in [1.165, 1.54) is 19.3 Å². The average Bonchev–Trinajstić information content (AvgIpc) is 2.38. The lowest BCUT2D eigenvalue weighted by Gasteiger charge is -2.24. The van der Waals surface area contributed by atoms with Gasteiger partial charge in [-0.15, -0.1) is 6.42 Å². The molecule has 0 spiro atoms. The lowest BCUT2D eigenvalue weighted by Crippen LogP contribution is -2.40. The molecule has 0 aromatic heterocycles. The molecule has 0 radical (unpaired) electrons. The highest BCUT2D eigenvalue weighted by atomic mass is 16.7. The standard InChI is InChI=1S/C12H14N2O3/c1-4-11(13)14(17-3)10-7-5-6-9(8-10)12(15)16-2/h1,5-8,11H,13H2,2-3H3. The number of esters is 1. The maximum absolute atomic E-state index is 11.4. The SMILES string of the molecule is C#CC(N)N(OC)c1cccc(C(=O)OC)c1. The number of rotatable bonds is 4. The maximum atomic E-state index is 11.4. The van der Waals surface area contributed by atoms with Gasteiger partial charge >= 0.3 is 5.97 Å². The highest BCUT2D eigenvalue weighted by Gasteiger charge is 2.14. The van der Waals surface area contributed by atoms with Crippen LogP contribution >= 0.6 is 0 Å². The number of ether oxygens (including phenoxy) is 1. The topological polar surface area (TPSA) is 64.8 Å². The lowest BCUT2D eigenvalue weighted by atomic mass is 10.2. The molecule has 1 aromatic rings. The largest absolute Gasteiger partial charge is 0.465 e. The summed E-state index contributed by atoms with van der Waals surface area (Å²) in [6.07, 6.45) is 4.49. The third kappa shape index (κ3) is 2.97. The smallest absolute Gasteiger partial charge is 0.337 e. The predicted molar refractivity (Wildman–Crippen MR) is 64.1 cm³/mol. The van der Waals surface area contributed by atoms with Gasteiger partial charge in [-0.25, -0.2) is 9.86 Å². The van der Waals surface area contributed by atoms with Gasteiger partial charge in [0.15, 0.2) is 6.17 Å². The number of carbonyl (C=O) groups excluding carboxylic acids is 1. The van der Waals surface area contributed by atoms with Crippen molar-refractivity contribution in [1.29, 1.82) is 0 Å². The molecule has 17 heavy (non-hydrogen) atoms. The quantitative estimate of drug-likeness (QED) is 0.360. The number of benzene rings is 1. The molecule has 0 fully saturated rings. The Morgan fingerprint density at radius 2 is 2.24 bits per heavy atom. The number of anilines is 1. The molecule has 0 saturated carbocycles. The summed E-state index contributed by atoms with van der Waals surface area (Å²) < 4.78 is 4.62. The Hall–Kier alpha value is -2.03. The lowest BCUT2D eigenvalue weighted by molar-refractivity contribution is 0.0600. The monoisotopic (exact) mass is 234 g/mol. The van der Waals surface area contributed by atoms with E-state index < -0.39 is 12.1 Å². The van der Waals surface area contributed by atoms with E-state index in [-0.39, 0.29) is 0 Å². The van der Waals surface area contributed by atoms with Crippen molar-refractivity contribution in [3.8, 4) is 12.3 Å². The van der Waals surface area contributed by atoms with Gasteiger partial charge in [-0.2, -0.15) is 0 Å². The van der Waals surface area contributed by atoms with Crippen LogP contribution in [0.5, 0.6) is 0 Å². The molecule has 5 nitrogen and oxygen atoms in total. The van der Waals surface area contributed by atoms with Gasteiger partial charge in [0.25, 0.3) is 0 Å². The van der Waals surface area contributed by atoms with E-state index in [0.29, 0.717) is 11.3 Å². The van der Waals surface area contributed by atoms with Crippen LogP contribution in [0.15, 0.2) is 24.3 Å². The van der Waals surface area contributed by atoms with Gasteiger partial charge in [-0.3, -0.25) is 10.6 Å². The Morgan fingerprint density at radius 3 is 2.76 bits per heavy atom. The van der Waals surface area contributed by atoms with Crippen LogP contribution in [0.3, 0.4) is 0 Å². The van der Waals surface area contributed by atoms with Crippen LogP contribution in [-0.4, -0.2) is 26.4 Å². The van der Waals surface area contributed by atoms with Crippen molar-refractivity contribution < 1.29 is 14.4 Å². The number of carbonyl (C=O) groups is 1. The summed E-state index contributed by atoms with van der Waals surface area (Å²) in [5.74, 6) is 1.91. The van der Waals surface area contributed by atoms with E-state index in [2.05, 4.69) is 10.7 Å². The zero-order valence-corrected chi connectivity index (χ0v) is 9.71. The molecule has 0 heterocycles. The van der Waals surface area contributed by atoms with E-state index in [0.717, 1.165) is 0 Å². The number of terminal acetylenes is 1. The van der Waals surface area contributed by atoms with E-state index in [9.17, 15) is 4.79 Å². The van der Waals surface area contributed by atoms with Crippen LogP contribution in [0.2, 0.25) is 0 Å². The van der Waals surface area contributed by atoms with Crippen molar-refractivity contribution in [3.05, 3.63) is 29.8 Å². The summed E-state index contributed by atoms with van der Waals surface area (Å²) in [4.78, 5) is 16.4. The fourth-order valence-corrected chi connectivity index (χ4v) is 1.34. The average molecular weight is 234 g/mol. The minimum atomic E-state index is -0.729. The van der Waals surface area contributed by atoms with Crippen LogP contribution in [-0.2, 0) is 9.57 Å². The molecular formula is C12H14N2O3. The third-order valence-corrected chi connectivity index (χ3v) is 2.14. The molecule has 1 unspecified atom stereocenters. The van der Waals surface area contributed by atoms with Crippen molar-refractivity contribution >= 4 is 11.7 Å². The molecule has 0 bridgehead atoms. The van der Waals surface area contributed by atoms with Crippen molar-refractivity contribution in [1.82, 2.24) is 0 Å². The van der Waals surface area contributed by atoms with Crippen LogP contribution in [0.1, 0.15) is 10.4 Å². The molecule has 0 saturated heterocycles. The first-order chi connectivity index (χ1) is 8.13. The Labute approximate surface area is 100 Å². The second-order valence-electron chi connectivity index (χ2n) is 3.16. The van der Waals surface area contributed by atoms with Crippen LogP contribution in [0.4, 0.5) is 5.69 Å². The highest BCUT2D eigenvalue weighted by molar-refractivity contribution is 5.90. The second-order valence-corrected chi connectivity index (χ2v) is 3.16. The first-order valence-corrected chi connectivity index (χ1v) is 4.87. The molecule has 5 heteroatoms. The van der Waals surface area contributed by atoms with E-state index in [4.69, 9.17) is 17.0 Å². The fraction of sp³-hybridized carbons (Fsp3) is 0.250. The molecule has 1 atom stereocenters. The number of hydroxylamine groups is 1. The Kier molecular flexibility index (Phi) is 4.52. The Morgan fingerprint density at radius 1 is 1.53 bits per heavy atom. The van der Waals surface area contributed by atoms with E-state index >= 15 is 0 Å². The molecule has 90 valence electrons. The molecule has 0 aliphatic carbocycles. The highest BCUT2D eigenvalue weighted by Crippen LogP contribution is 2.17. The Bertz CT molecular complexity index is 440. The van der Waals surface area contributed by atoms with Gasteiger partial charge in [-0.1, -0.05) is 12.0 Å². The summed E-state index contributed by atoms with van der Waals surface area (Å²) in [6, 6.07) is 6.64. The fourth-order valence-electron chi connectivity index (χ4n) is 1.34. The van der Waals surface area contributed by atoms with Crippen LogP contribution in [0, 0.1) is 12.3 Å². The number of nitrogens with zero attached hydrogens (tertiary/aromatic N) is 1. The molecule has 0 aliphatic heterocycles. The minimum Gasteiger partial charge on any atom is -0.465 e. The minimum absolute atomic E-state index is 0.399. The molecule has 2 N–H and O–H groups in total. The van der Waals surface area contributed by atoms with Crippen LogP contribution < -0.4 is 10.8 Å². The molecule has 0 amide bonds. The number of methoxy groups -OCH3 is 1. The van der Waals surface area contributed by atoms with Crippen molar-refractivity contribution in [2.24, 2.45) is 5.73 Å². The van der Waals surface area contributed by atoms with E-state index in [1.54, 1.807) is 24.3 Å². The first kappa shape index (κ1) is 13.0. The zero-order valence-electron chi connectivity index (χ0n) is 9.71. The van der Waals surface area contributed by atoms with Gasteiger partial charge in [0, 0.05) is 0 Å². The zero-order chi connectivity index (χ0) is 12.8. The first-order valence-electron chi connectivity index (χ1n) is 4.87. The van der Waals surface area contributed by atoms with Gasteiger partial charge < -0.3 is 4.74 Å². The van der Waals surface area contributed by atoms with Gasteiger partial charge in [-0.05, 0) is 18.2 Å². The molecule has 1 rings (SSSR count). The van der Waals surface area contributed by atoms with Crippen molar-refractivity contribution in [2.45, 2.75) is 6.17 Å². The maximum Gasteiger partial charge on any atom is 0.337 e.